The molecule has 10 heteroatoms. The number of unbranched alkanes of at least 4 members (excludes halogenated alkanes) is 4. The number of ether oxygens (including phenoxy) is 9. The third-order valence-corrected chi connectivity index (χ3v) is 4.81. The highest BCUT2D eigenvalue weighted by Crippen LogP contribution is 2.05. The van der Waals surface area contributed by atoms with E-state index in [1.807, 2.05) is 0 Å². The van der Waals surface area contributed by atoms with E-state index in [0.29, 0.717) is 119 Å². The van der Waals surface area contributed by atoms with Gasteiger partial charge in [0.2, 0.25) is 0 Å². The Balaban J connectivity index is 3.08. The van der Waals surface area contributed by atoms with Crippen LogP contribution < -0.4 is 0 Å². The Bertz CT molecular complexity index is 464. The van der Waals surface area contributed by atoms with Gasteiger partial charge < -0.3 is 42.6 Å². The van der Waals surface area contributed by atoms with Crippen LogP contribution in [0.25, 0.3) is 0 Å². The number of esters is 1. The maximum absolute atomic E-state index is 11.6. The summed E-state index contributed by atoms with van der Waals surface area (Å²) in [5.41, 5.74) is 0. The minimum absolute atomic E-state index is 0.144. The van der Waals surface area contributed by atoms with Crippen LogP contribution in [0.3, 0.4) is 0 Å². The molecule has 0 saturated carbocycles. The van der Waals surface area contributed by atoms with E-state index in [0.717, 1.165) is 12.8 Å². The van der Waals surface area contributed by atoms with Crippen molar-refractivity contribution in [3.8, 4) is 0 Å². The van der Waals surface area contributed by atoms with Gasteiger partial charge in [-0.2, -0.15) is 0 Å². The highest BCUT2D eigenvalue weighted by atomic mass is 16.6. The molecule has 0 rings (SSSR count). The SMILES string of the molecule is C=CCOCCOCCOCCOCCOCCOCCOCCOCCOC(=O)CCCCCCC. The second-order valence-corrected chi connectivity index (χ2v) is 8.03. The average molecular weight is 537 g/mol. The van der Waals surface area contributed by atoms with Crippen LogP contribution in [0.5, 0.6) is 0 Å². The van der Waals surface area contributed by atoms with Crippen LogP contribution in [-0.2, 0) is 47.4 Å². The van der Waals surface area contributed by atoms with E-state index in [4.69, 9.17) is 42.6 Å². The monoisotopic (exact) mass is 536 g/mol. The van der Waals surface area contributed by atoms with Gasteiger partial charge in [-0.05, 0) is 6.42 Å². The van der Waals surface area contributed by atoms with Gasteiger partial charge in [0, 0.05) is 6.42 Å². The normalized spacial score (nSPS) is 11.2. The van der Waals surface area contributed by atoms with E-state index in [1.54, 1.807) is 6.08 Å². The van der Waals surface area contributed by atoms with Gasteiger partial charge >= 0.3 is 5.97 Å². The number of carbonyl (C=O) groups is 1. The Morgan fingerprint density at radius 2 is 0.865 bits per heavy atom. The minimum Gasteiger partial charge on any atom is -0.463 e. The lowest BCUT2D eigenvalue weighted by molar-refractivity contribution is -0.145. The predicted molar refractivity (Wildman–Crippen MR) is 141 cm³/mol. The van der Waals surface area contributed by atoms with E-state index in [2.05, 4.69) is 13.5 Å². The molecule has 0 aromatic rings. The number of hydrogen-bond donors (Lipinski definition) is 0. The molecule has 0 saturated heterocycles. The summed E-state index contributed by atoms with van der Waals surface area (Å²) in [6.07, 6.45) is 7.81. The quantitative estimate of drug-likeness (QED) is 0.0724. The third-order valence-electron chi connectivity index (χ3n) is 4.81. The van der Waals surface area contributed by atoms with E-state index >= 15 is 0 Å². The maximum Gasteiger partial charge on any atom is 0.305 e. The van der Waals surface area contributed by atoms with Crippen LogP contribution in [-0.4, -0.2) is 118 Å². The van der Waals surface area contributed by atoms with Crippen molar-refractivity contribution >= 4 is 5.97 Å². The molecule has 220 valence electrons. The molecule has 0 amide bonds. The summed E-state index contributed by atoms with van der Waals surface area (Å²) in [7, 11) is 0. The second-order valence-electron chi connectivity index (χ2n) is 8.03. The van der Waals surface area contributed by atoms with Gasteiger partial charge in [0.25, 0.3) is 0 Å². The van der Waals surface area contributed by atoms with E-state index in [1.165, 1.54) is 19.3 Å². The zero-order valence-corrected chi connectivity index (χ0v) is 23.1. The summed E-state index contributed by atoms with van der Waals surface area (Å²) < 4.78 is 48.3. The standard InChI is InChI=1S/C27H52O10/c1-3-5-6-7-8-9-27(28)37-26-25-36-24-23-35-22-21-34-20-19-33-18-17-32-16-15-31-14-13-30-12-11-29-10-4-2/h4H,2-3,5-26H2,1H3. The van der Waals surface area contributed by atoms with E-state index < -0.39 is 0 Å². The number of hydrogen-bond acceptors (Lipinski definition) is 10. The molecule has 0 radical (unpaired) electrons. The molecule has 0 atom stereocenters. The van der Waals surface area contributed by atoms with Crippen molar-refractivity contribution in [2.75, 3.05) is 112 Å². The van der Waals surface area contributed by atoms with Crippen LogP contribution in [0.15, 0.2) is 12.7 Å². The van der Waals surface area contributed by atoms with Crippen LogP contribution in [0, 0.1) is 0 Å². The minimum atomic E-state index is -0.144. The molecule has 0 bridgehead atoms. The Morgan fingerprint density at radius 3 is 1.24 bits per heavy atom. The van der Waals surface area contributed by atoms with E-state index in [9.17, 15) is 4.79 Å². The molecule has 0 spiro atoms. The van der Waals surface area contributed by atoms with Gasteiger partial charge in [-0.15, -0.1) is 6.58 Å². The first kappa shape index (κ1) is 35.9. The molecular weight excluding hydrogens is 484 g/mol. The van der Waals surface area contributed by atoms with Crippen LogP contribution in [0.4, 0.5) is 0 Å². The molecule has 0 aromatic carbocycles. The lowest BCUT2D eigenvalue weighted by Gasteiger charge is -2.09. The first-order valence-corrected chi connectivity index (χ1v) is 13.7. The maximum atomic E-state index is 11.6. The fraction of sp³-hybridized carbons (Fsp3) is 0.889. The number of carbonyl (C=O) groups excluding carboxylic acids is 1. The molecule has 0 fully saturated rings. The molecule has 0 aliphatic heterocycles. The lowest BCUT2D eigenvalue weighted by Crippen LogP contribution is -2.15. The lowest BCUT2D eigenvalue weighted by atomic mass is 10.1. The van der Waals surface area contributed by atoms with Gasteiger partial charge in [-0.25, -0.2) is 0 Å². The van der Waals surface area contributed by atoms with Crippen molar-refractivity contribution in [3.63, 3.8) is 0 Å². The van der Waals surface area contributed by atoms with Crippen LogP contribution in [0.1, 0.15) is 45.4 Å². The first-order chi connectivity index (χ1) is 18.3. The fourth-order valence-electron chi connectivity index (χ4n) is 2.87. The fourth-order valence-corrected chi connectivity index (χ4v) is 2.87. The predicted octanol–water partition coefficient (Wildman–Crippen LogP) is 3.21. The van der Waals surface area contributed by atoms with Crippen LogP contribution in [0.2, 0.25) is 0 Å². The third kappa shape index (κ3) is 32.9. The van der Waals surface area contributed by atoms with Gasteiger partial charge in [-0.3, -0.25) is 4.79 Å². The number of rotatable bonds is 32. The summed E-state index contributed by atoms with van der Waals surface area (Å²) >= 11 is 0. The van der Waals surface area contributed by atoms with Crippen molar-refractivity contribution in [1.29, 1.82) is 0 Å². The van der Waals surface area contributed by atoms with Crippen molar-refractivity contribution in [1.82, 2.24) is 0 Å². The Hall–Kier alpha value is -1.11. The molecule has 0 N–H and O–H groups in total. The van der Waals surface area contributed by atoms with Crippen molar-refractivity contribution in [3.05, 3.63) is 12.7 Å². The molecule has 37 heavy (non-hydrogen) atoms. The zero-order valence-electron chi connectivity index (χ0n) is 23.1. The van der Waals surface area contributed by atoms with Gasteiger partial charge in [0.1, 0.15) is 6.61 Å². The second kappa shape index (κ2) is 32.9. The molecule has 10 nitrogen and oxygen atoms in total. The highest BCUT2D eigenvalue weighted by molar-refractivity contribution is 5.69. The van der Waals surface area contributed by atoms with Crippen molar-refractivity contribution in [2.45, 2.75) is 45.4 Å². The summed E-state index contributed by atoms with van der Waals surface area (Å²) in [5.74, 6) is -0.144. The Kier molecular flexibility index (Phi) is 31.9. The highest BCUT2D eigenvalue weighted by Gasteiger charge is 2.02. The Labute approximate surface area is 224 Å². The molecule has 0 aliphatic rings. The molecule has 0 aliphatic carbocycles. The first-order valence-electron chi connectivity index (χ1n) is 13.7. The van der Waals surface area contributed by atoms with Gasteiger partial charge in [0.05, 0.1) is 106 Å². The van der Waals surface area contributed by atoms with Crippen molar-refractivity contribution in [2.24, 2.45) is 0 Å². The van der Waals surface area contributed by atoms with Gasteiger partial charge in [0.15, 0.2) is 0 Å². The topological polar surface area (TPSA) is 100 Å². The smallest absolute Gasteiger partial charge is 0.305 e. The van der Waals surface area contributed by atoms with Crippen LogP contribution >= 0.6 is 0 Å². The molecule has 0 heterocycles. The molecule has 0 unspecified atom stereocenters. The largest absolute Gasteiger partial charge is 0.463 e. The summed E-state index contributed by atoms with van der Waals surface area (Å²) in [6, 6.07) is 0. The summed E-state index contributed by atoms with van der Waals surface area (Å²) in [5, 5.41) is 0. The molecule has 0 aromatic heterocycles. The van der Waals surface area contributed by atoms with E-state index in [-0.39, 0.29) is 5.97 Å². The summed E-state index contributed by atoms with van der Waals surface area (Å²) in [6.45, 7) is 14.2. The van der Waals surface area contributed by atoms with Gasteiger partial charge in [-0.1, -0.05) is 38.7 Å². The summed E-state index contributed by atoms with van der Waals surface area (Å²) in [4.78, 5) is 11.6. The zero-order chi connectivity index (χ0) is 26.9. The molecular formula is C27H52O10. The average Bonchev–Trinajstić information content (AvgIpc) is 2.90. The van der Waals surface area contributed by atoms with Crippen molar-refractivity contribution < 1.29 is 47.4 Å². The Morgan fingerprint density at radius 1 is 0.514 bits per heavy atom.